The lowest BCUT2D eigenvalue weighted by Gasteiger charge is -2.01. The number of hydrogen-bond donors (Lipinski definition) is 1. The molecule has 0 saturated carbocycles. The maximum Gasteiger partial charge on any atom is 0.0642 e. The number of fused-ring (bicyclic) bond motifs is 1. The summed E-state index contributed by atoms with van der Waals surface area (Å²) in [6.07, 6.45) is 0.382. The van der Waals surface area contributed by atoms with Crippen molar-refractivity contribution in [3.8, 4) is 6.07 Å². The molecular weight excluding hydrogens is 192 g/mol. The third-order valence-corrected chi connectivity index (χ3v) is 3.37. The van der Waals surface area contributed by atoms with Crippen molar-refractivity contribution in [1.82, 2.24) is 0 Å². The Morgan fingerprint density at radius 3 is 2.93 bits per heavy atom. The Bertz CT molecular complexity index is 448. The lowest BCUT2D eigenvalue weighted by atomic mass is 10.2. The van der Waals surface area contributed by atoms with Gasteiger partial charge in [-0.1, -0.05) is 18.2 Å². The fourth-order valence-corrected chi connectivity index (χ4v) is 2.45. The summed E-state index contributed by atoms with van der Waals surface area (Å²) in [5.41, 5.74) is 5.86. The molecule has 2 nitrogen and oxygen atoms in total. The number of nitriles is 1. The highest BCUT2D eigenvalue weighted by molar-refractivity contribution is 7.19. The predicted octanol–water partition coefficient (Wildman–Crippen LogP) is 2.81. The third kappa shape index (κ3) is 1.63. The Morgan fingerprint density at radius 1 is 1.43 bits per heavy atom. The van der Waals surface area contributed by atoms with Gasteiger partial charge < -0.3 is 5.73 Å². The van der Waals surface area contributed by atoms with Crippen molar-refractivity contribution in [3.63, 3.8) is 0 Å². The Hall–Kier alpha value is -1.37. The first-order valence-electron chi connectivity index (χ1n) is 4.42. The predicted molar refractivity (Wildman–Crippen MR) is 59.0 cm³/mol. The molecule has 0 bridgehead atoms. The first-order valence-corrected chi connectivity index (χ1v) is 5.24. The molecular formula is C11H10N2S. The average Bonchev–Trinajstić information content (AvgIpc) is 2.61. The van der Waals surface area contributed by atoms with Crippen molar-refractivity contribution in [2.45, 2.75) is 12.5 Å². The monoisotopic (exact) mass is 202 g/mol. The molecule has 70 valence electrons. The van der Waals surface area contributed by atoms with Gasteiger partial charge in [0, 0.05) is 9.58 Å². The van der Waals surface area contributed by atoms with Crippen molar-refractivity contribution in [2.24, 2.45) is 5.73 Å². The van der Waals surface area contributed by atoms with Crippen LogP contribution < -0.4 is 5.73 Å². The van der Waals surface area contributed by atoms with E-state index in [-0.39, 0.29) is 6.04 Å². The number of nitrogens with two attached hydrogens (primary N) is 1. The van der Waals surface area contributed by atoms with Gasteiger partial charge >= 0.3 is 0 Å². The zero-order valence-electron chi connectivity index (χ0n) is 7.60. The van der Waals surface area contributed by atoms with Gasteiger partial charge in [0.15, 0.2) is 0 Å². The number of nitrogens with zero attached hydrogens (tertiary/aromatic N) is 1. The molecule has 0 aliphatic heterocycles. The molecule has 3 heteroatoms. The summed E-state index contributed by atoms with van der Waals surface area (Å²) in [5, 5.41) is 9.76. The molecule has 0 unspecified atom stereocenters. The first-order chi connectivity index (χ1) is 6.81. The van der Waals surface area contributed by atoms with Crippen molar-refractivity contribution >= 4 is 21.4 Å². The van der Waals surface area contributed by atoms with Gasteiger partial charge in [-0.3, -0.25) is 0 Å². The molecule has 1 heterocycles. The van der Waals surface area contributed by atoms with Crippen LogP contribution in [0.2, 0.25) is 0 Å². The van der Waals surface area contributed by atoms with E-state index in [1.807, 2.05) is 12.1 Å². The molecule has 0 radical (unpaired) electrons. The highest BCUT2D eigenvalue weighted by Gasteiger charge is 2.08. The lowest BCUT2D eigenvalue weighted by molar-refractivity contribution is 0.765. The van der Waals surface area contributed by atoms with Gasteiger partial charge in [0.05, 0.1) is 18.5 Å². The molecule has 2 aromatic rings. The second-order valence-electron chi connectivity index (χ2n) is 3.16. The second kappa shape index (κ2) is 3.79. The molecule has 2 N–H and O–H groups in total. The quantitative estimate of drug-likeness (QED) is 0.814. The largest absolute Gasteiger partial charge is 0.322 e. The topological polar surface area (TPSA) is 49.8 Å². The summed E-state index contributed by atoms with van der Waals surface area (Å²) in [7, 11) is 0. The molecule has 0 amide bonds. The maximum atomic E-state index is 8.55. The molecule has 0 saturated heterocycles. The van der Waals surface area contributed by atoms with E-state index < -0.39 is 0 Å². The smallest absolute Gasteiger partial charge is 0.0642 e. The Kier molecular flexibility index (Phi) is 2.49. The molecule has 2 rings (SSSR count). The SMILES string of the molecule is N#CC[C@@H](N)c1cc2ccccc2s1. The van der Waals surface area contributed by atoms with Gasteiger partial charge in [-0.05, 0) is 17.5 Å². The number of hydrogen-bond acceptors (Lipinski definition) is 3. The van der Waals surface area contributed by atoms with Crippen LogP contribution in [0.4, 0.5) is 0 Å². The third-order valence-electron chi connectivity index (χ3n) is 2.12. The average molecular weight is 202 g/mol. The zero-order chi connectivity index (χ0) is 9.97. The fraction of sp³-hybridized carbons (Fsp3) is 0.182. The molecule has 14 heavy (non-hydrogen) atoms. The van der Waals surface area contributed by atoms with E-state index in [2.05, 4.69) is 24.3 Å². The van der Waals surface area contributed by atoms with E-state index in [4.69, 9.17) is 11.0 Å². The maximum absolute atomic E-state index is 8.55. The highest BCUT2D eigenvalue weighted by Crippen LogP contribution is 2.29. The van der Waals surface area contributed by atoms with Crippen LogP contribution in [-0.2, 0) is 0 Å². The van der Waals surface area contributed by atoms with Gasteiger partial charge in [0.25, 0.3) is 0 Å². The van der Waals surface area contributed by atoms with Crippen LogP contribution >= 0.6 is 11.3 Å². The second-order valence-corrected chi connectivity index (χ2v) is 4.27. The number of benzene rings is 1. The van der Waals surface area contributed by atoms with Crippen LogP contribution in [-0.4, -0.2) is 0 Å². The summed E-state index contributed by atoms with van der Waals surface area (Å²) < 4.78 is 1.23. The highest BCUT2D eigenvalue weighted by atomic mass is 32.1. The van der Waals surface area contributed by atoms with E-state index >= 15 is 0 Å². The van der Waals surface area contributed by atoms with Crippen LogP contribution in [0, 0.1) is 11.3 Å². The summed E-state index contributed by atoms with van der Waals surface area (Å²) in [6, 6.07) is 12.2. The van der Waals surface area contributed by atoms with E-state index in [1.54, 1.807) is 11.3 Å². The van der Waals surface area contributed by atoms with Crippen molar-refractivity contribution in [1.29, 1.82) is 5.26 Å². The van der Waals surface area contributed by atoms with Crippen LogP contribution in [0.25, 0.3) is 10.1 Å². The summed E-state index contributed by atoms with van der Waals surface area (Å²) in [4.78, 5) is 1.09. The van der Waals surface area contributed by atoms with Gasteiger partial charge in [-0.2, -0.15) is 5.26 Å². The van der Waals surface area contributed by atoms with Crippen molar-refractivity contribution in [2.75, 3.05) is 0 Å². The Balaban J connectivity index is 2.41. The van der Waals surface area contributed by atoms with Crippen molar-refractivity contribution < 1.29 is 0 Å². The number of rotatable bonds is 2. The Morgan fingerprint density at radius 2 is 2.21 bits per heavy atom. The fourth-order valence-electron chi connectivity index (χ4n) is 1.38. The normalized spacial score (nSPS) is 12.6. The summed E-state index contributed by atoms with van der Waals surface area (Å²) >= 11 is 1.67. The van der Waals surface area contributed by atoms with Gasteiger partial charge in [0.2, 0.25) is 0 Å². The van der Waals surface area contributed by atoms with E-state index in [0.717, 1.165) is 4.88 Å². The summed E-state index contributed by atoms with van der Waals surface area (Å²) in [5.74, 6) is 0. The minimum absolute atomic E-state index is 0.141. The minimum Gasteiger partial charge on any atom is -0.322 e. The molecule has 0 aliphatic carbocycles. The van der Waals surface area contributed by atoms with Gasteiger partial charge in [0.1, 0.15) is 0 Å². The molecule has 0 spiro atoms. The van der Waals surface area contributed by atoms with Gasteiger partial charge in [-0.25, -0.2) is 0 Å². The molecule has 1 atom stereocenters. The number of thiophene rings is 1. The lowest BCUT2D eigenvalue weighted by Crippen LogP contribution is -2.06. The van der Waals surface area contributed by atoms with Crippen LogP contribution in [0.1, 0.15) is 17.3 Å². The van der Waals surface area contributed by atoms with E-state index in [9.17, 15) is 0 Å². The van der Waals surface area contributed by atoms with Crippen LogP contribution in [0.3, 0.4) is 0 Å². The van der Waals surface area contributed by atoms with Gasteiger partial charge in [-0.15, -0.1) is 11.3 Å². The molecule has 1 aromatic heterocycles. The standard InChI is InChI=1S/C11H10N2S/c12-6-5-9(13)11-7-8-3-1-2-4-10(8)14-11/h1-4,7,9H,5,13H2/t9-/m1/s1. The van der Waals surface area contributed by atoms with E-state index in [0.29, 0.717) is 6.42 Å². The Labute approximate surface area is 86.6 Å². The zero-order valence-corrected chi connectivity index (χ0v) is 8.42. The molecule has 1 aromatic carbocycles. The first kappa shape index (κ1) is 9.20. The summed E-state index contributed by atoms with van der Waals surface area (Å²) in [6.45, 7) is 0. The van der Waals surface area contributed by atoms with Crippen molar-refractivity contribution in [3.05, 3.63) is 35.2 Å². The minimum atomic E-state index is -0.141. The molecule has 0 aliphatic rings. The van der Waals surface area contributed by atoms with Crippen LogP contribution in [0.5, 0.6) is 0 Å². The van der Waals surface area contributed by atoms with Crippen LogP contribution in [0.15, 0.2) is 30.3 Å². The molecule has 0 fully saturated rings. The van der Waals surface area contributed by atoms with E-state index in [1.165, 1.54) is 10.1 Å².